The van der Waals surface area contributed by atoms with Crippen LogP contribution in [0.25, 0.3) is 0 Å². The molecule has 0 saturated carbocycles. The van der Waals surface area contributed by atoms with Crippen molar-refractivity contribution in [1.82, 2.24) is 0 Å². The number of sulfone groups is 1. The van der Waals surface area contributed by atoms with Crippen LogP contribution in [0.1, 0.15) is 0 Å². The lowest BCUT2D eigenvalue weighted by Gasteiger charge is -2.04. The number of nitrogens with one attached hydrogen (secondary N) is 1. The first-order chi connectivity index (χ1) is 9.95. The largest absolute Gasteiger partial charge is 0.357 e. The van der Waals surface area contributed by atoms with Crippen molar-refractivity contribution in [2.75, 3.05) is 5.32 Å². The average Bonchev–Trinajstić information content (AvgIpc) is 2.96. The van der Waals surface area contributed by atoms with Crippen LogP contribution < -0.4 is 5.32 Å². The summed E-state index contributed by atoms with van der Waals surface area (Å²) in [5, 5.41) is 12.9. The van der Waals surface area contributed by atoms with Crippen molar-refractivity contribution in [3.05, 3.63) is 58.5 Å². The van der Waals surface area contributed by atoms with E-state index in [-0.39, 0.29) is 9.90 Å². The summed E-state index contributed by atoms with van der Waals surface area (Å²) in [6, 6.07) is 7.23. The molecule has 2 aromatic rings. The quantitative estimate of drug-likeness (QED) is 0.875. The zero-order valence-electron chi connectivity index (χ0n) is 10.4. The summed E-state index contributed by atoms with van der Waals surface area (Å²) in [6.45, 7) is 0. The minimum absolute atomic E-state index is 0.0108. The van der Waals surface area contributed by atoms with Gasteiger partial charge in [0.05, 0.1) is 5.69 Å². The number of rotatable bonds is 4. The van der Waals surface area contributed by atoms with Gasteiger partial charge in [-0.25, -0.2) is 17.2 Å². The molecule has 1 aromatic carbocycles. The minimum atomic E-state index is -3.94. The van der Waals surface area contributed by atoms with Gasteiger partial charge in [0, 0.05) is 12.3 Å². The molecule has 0 aliphatic carbocycles. The first-order valence-corrected chi connectivity index (χ1v) is 7.92. The van der Waals surface area contributed by atoms with Crippen molar-refractivity contribution in [2.45, 2.75) is 4.21 Å². The van der Waals surface area contributed by atoms with Crippen LogP contribution in [0, 0.1) is 23.0 Å². The molecule has 0 amide bonds. The highest BCUT2D eigenvalue weighted by molar-refractivity contribution is 7.97. The molecule has 4 nitrogen and oxygen atoms in total. The van der Waals surface area contributed by atoms with Gasteiger partial charge in [-0.1, -0.05) is 6.07 Å². The number of nitrogens with zero attached hydrogens (tertiary/aromatic N) is 1. The summed E-state index contributed by atoms with van der Waals surface area (Å²) in [7, 11) is -3.94. The molecule has 0 bridgehead atoms. The average molecular weight is 326 g/mol. The fourth-order valence-corrected chi connectivity index (χ4v) is 3.64. The smallest absolute Gasteiger partial charge is 0.227 e. The van der Waals surface area contributed by atoms with E-state index in [9.17, 15) is 17.2 Å². The van der Waals surface area contributed by atoms with Gasteiger partial charge >= 0.3 is 0 Å². The van der Waals surface area contributed by atoms with Crippen LogP contribution in [0.4, 0.5) is 14.5 Å². The molecule has 0 fully saturated rings. The molecule has 8 heteroatoms. The number of benzene rings is 1. The Bertz CT molecular complexity index is 822. The zero-order chi connectivity index (χ0) is 15.5. The van der Waals surface area contributed by atoms with Crippen molar-refractivity contribution in [3.8, 4) is 6.07 Å². The maximum atomic E-state index is 13.4. The number of allylic oxidation sites excluding steroid dienone is 1. The number of halogens is 2. The van der Waals surface area contributed by atoms with Gasteiger partial charge in [0.15, 0.2) is 4.91 Å². The number of nitriles is 1. The third-order valence-corrected chi connectivity index (χ3v) is 5.51. The summed E-state index contributed by atoms with van der Waals surface area (Å²) < 4.78 is 50.4. The van der Waals surface area contributed by atoms with E-state index >= 15 is 0 Å². The van der Waals surface area contributed by atoms with Crippen molar-refractivity contribution < 1.29 is 17.2 Å². The van der Waals surface area contributed by atoms with E-state index in [0.717, 1.165) is 29.7 Å². The van der Waals surface area contributed by atoms with E-state index in [2.05, 4.69) is 5.32 Å². The van der Waals surface area contributed by atoms with Gasteiger partial charge in [-0.15, -0.1) is 11.3 Å². The van der Waals surface area contributed by atoms with Crippen LogP contribution in [0.5, 0.6) is 0 Å². The fraction of sp³-hybridized carbons (Fsp3) is 0. The molecule has 1 heterocycles. The van der Waals surface area contributed by atoms with E-state index in [1.165, 1.54) is 6.07 Å². The van der Waals surface area contributed by atoms with Crippen LogP contribution in [0.15, 0.2) is 51.0 Å². The summed E-state index contributed by atoms with van der Waals surface area (Å²) in [5.74, 6) is -1.65. The molecule has 0 radical (unpaired) electrons. The van der Waals surface area contributed by atoms with Crippen LogP contribution in [0.3, 0.4) is 0 Å². The van der Waals surface area contributed by atoms with E-state index in [1.807, 2.05) is 0 Å². The van der Waals surface area contributed by atoms with Gasteiger partial charge in [-0.05, 0) is 23.6 Å². The van der Waals surface area contributed by atoms with Crippen LogP contribution >= 0.6 is 11.3 Å². The summed E-state index contributed by atoms with van der Waals surface area (Å²) in [5.41, 5.74) is -0.134. The SMILES string of the molecule is N#C/C(=C\Nc1ccc(F)cc1F)S(=O)(=O)c1cccs1. The third kappa shape index (κ3) is 3.26. The zero-order valence-corrected chi connectivity index (χ0v) is 12.0. The molecule has 21 heavy (non-hydrogen) atoms. The second-order valence-corrected chi connectivity index (χ2v) is 6.92. The highest BCUT2D eigenvalue weighted by Gasteiger charge is 2.21. The Morgan fingerprint density at radius 3 is 2.67 bits per heavy atom. The lowest BCUT2D eigenvalue weighted by Crippen LogP contribution is -2.04. The van der Waals surface area contributed by atoms with Gasteiger partial charge in [-0.3, -0.25) is 0 Å². The maximum absolute atomic E-state index is 13.4. The Morgan fingerprint density at radius 1 is 1.33 bits per heavy atom. The Kier molecular flexibility index (Phi) is 4.35. The number of anilines is 1. The molecule has 1 aromatic heterocycles. The van der Waals surface area contributed by atoms with Gasteiger partial charge in [0.25, 0.3) is 0 Å². The van der Waals surface area contributed by atoms with Crippen molar-refractivity contribution in [1.29, 1.82) is 5.26 Å². The normalized spacial score (nSPS) is 12.0. The van der Waals surface area contributed by atoms with Crippen molar-refractivity contribution >= 4 is 26.9 Å². The third-order valence-electron chi connectivity index (χ3n) is 2.45. The lowest BCUT2D eigenvalue weighted by molar-refractivity contribution is 0.586. The highest BCUT2D eigenvalue weighted by Crippen LogP contribution is 2.24. The van der Waals surface area contributed by atoms with Gasteiger partial charge < -0.3 is 5.32 Å². The van der Waals surface area contributed by atoms with E-state index in [4.69, 9.17) is 5.26 Å². The molecule has 0 saturated heterocycles. The first-order valence-electron chi connectivity index (χ1n) is 5.55. The molecular formula is C13H8F2N2O2S2. The molecule has 0 atom stereocenters. The lowest BCUT2D eigenvalue weighted by atomic mass is 10.3. The Balaban J connectivity index is 2.32. The summed E-state index contributed by atoms with van der Waals surface area (Å²) in [4.78, 5) is -0.561. The molecule has 0 unspecified atom stereocenters. The second-order valence-electron chi connectivity index (χ2n) is 3.82. The molecule has 108 valence electrons. The Labute approximate surface area is 123 Å². The molecule has 1 N–H and O–H groups in total. The van der Waals surface area contributed by atoms with E-state index in [0.29, 0.717) is 6.07 Å². The standard InChI is InChI=1S/C13H8F2N2O2S2/c14-9-3-4-12(11(15)6-9)17-8-10(7-16)21(18,19)13-2-1-5-20-13/h1-6,8,17H/b10-8+. The maximum Gasteiger partial charge on any atom is 0.227 e. The van der Waals surface area contributed by atoms with Crippen LogP contribution in [0.2, 0.25) is 0 Å². The fourth-order valence-electron chi connectivity index (χ4n) is 1.44. The molecule has 2 rings (SSSR count). The second kappa shape index (κ2) is 6.03. The van der Waals surface area contributed by atoms with Gasteiger partial charge in [0.2, 0.25) is 9.84 Å². The minimum Gasteiger partial charge on any atom is -0.357 e. The predicted molar refractivity (Wildman–Crippen MR) is 75.2 cm³/mol. The summed E-state index contributed by atoms with van der Waals surface area (Å²) in [6.07, 6.45) is 0.880. The van der Waals surface area contributed by atoms with E-state index < -0.39 is 26.4 Å². The molecule has 0 aliphatic heterocycles. The molecular weight excluding hydrogens is 318 g/mol. The number of hydrogen-bond donors (Lipinski definition) is 1. The summed E-state index contributed by atoms with van der Waals surface area (Å²) >= 11 is 0.969. The van der Waals surface area contributed by atoms with Gasteiger partial charge in [-0.2, -0.15) is 5.26 Å². The van der Waals surface area contributed by atoms with Crippen LogP contribution in [-0.2, 0) is 9.84 Å². The van der Waals surface area contributed by atoms with E-state index in [1.54, 1.807) is 17.5 Å². The monoisotopic (exact) mass is 326 g/mol. The number of hydrogen-bond acceptors (Lipinski definition) is 5. The predicted octanol–water partition coefficient (Wildman–Crippen LogP) is 3.28. The number of thiophene rings is 1. The van der Waals surface area contributed by atoms with Crippen LogP contribution in [-0.4, -0.2) is 8.42 Å². The van der Waals surface area contributed by atoms with Crippen molar-refractivity contribution in [2.24, 2.45) is 0 Å². The van der Waals surface area contributed by atoms with Gasteiger partial charge in [0.1, 0.15) is 21.9 Å². The topological polar surface area (TPSA) is 70.0 Å². The highest BCUT2D eigenvalue weighted by atomic mass is 32.2. The molecule has 0 spiro atoms. The Hall–Kier alpha value is -2.24. The Morgan fingerprint density at radius 2 is 2.10 bits per heavy atom. The van der Waals surface area contributed by atoms with Crippen molar-refractivity contribution in [3.63, 3.8) is 0 Å². The first kappa shape index (κ1) is 15.2. The molecule has 0 aliphatic rings.